The van der Waals surface area contributed by atoms with Crippen molar-refractivity contribution in [3.8, 4) is 11.8 Å². The van der Waals surface area contributed by atoms with E-state index in [1.54, 1.807) is 7.11 Å². The van der Waals surface area contributed by atoms with Gasteiger partial charge in [-0.3, -0.25) is 0 Å². The summed E-state index contributed by atoms with van der Waals surface area (Å²) in [5.74, 6) is 0.885. The highest BCUT2D eigenvalue weighted by Crippen LogP contribution is 2.26. The van der Waals surface area contributed by atoms with Crippen LogP contribution < -0.4 is 10.1 Å². The summed E-state index contributed by atoms with van der Waals surface area (Å²) >= 11 is 6.11. The summed E-state index contributed by atoms with van der Waals surface area (Å²) in [7, 11) is 1.67. The molecule has 18 heavy (non-hydrogen) atoms. The van der Waals surface area contributed by atoms with Gasteiger partial charge in [-0.05, 0) is 56.1 Å². The number of nitriles is 1. The van der Waals surface area contributed by atoms with Crippen LogP contribution in [-0.4, -0.2) is 20.2 Å². The molecule has 0 fully saturated rings. The zero-order valence-electron chi connectivity index (χ0n) is 10.9. The van der Waals surface area contributed by atoms with Gasteiger partial charge in [0.1, 0.15) is 5.75 Å². The van der Waals surface area contributed by atoms with Crippen molar-refractivity contribution in [3.63, 3.8) is 0 Å². The van der Waals surface area contributed by atoms with Gasteiger partial charge in [-0.15, -0.1) is 0 Å². The third-order valence-corrected chi connectivity index (χ3v) is 3.18. The van der Waals surface area contributed by atoms with Crippen molar-refractivity contribution in [3.05, 3.63) is 28.3 Å². The Balaban J connectivity index is 2.46. The number of nitrogens with one attached hydrogen (secondary N) is 1. The smallest absolute Gasteiger partial charge is 0.122 e. The summed E-state index contributed by atoms with van der Waals surface area (Å²) in [5.41, 5.74) is 2.14. The van der Waals surface area contributed by atoms with E-state index in [4.69, 9.17) is 21.6 Å². The van der Waals surface area contributed by atoms with Crippen LogP contribution >= 0.6 is 11.6 Å². The van der Waals surface area contributed by atoms with Crippen molar-refractivity contribution < 1.29 is 4.74 Å². The second-order valence-electron chi connectivity index (χ2n) is 4.17. The molecule has 0 spiro atoms. The van der Waals surface area contributed by atoms with Gasteiger partial charge in [0.15, 0.2) is 0 Å². The highest BCUT2D eigenvalue weighted by Gasteiger charge is 2.06. The van der Waals surface area contributed by atoms with Gasteiger partial charge in [0.2, 0.25) is 0 Å². The van der Waals surface area contributed by atoms with E-state index in [2.05, 4.69) is 11.4 Å². The van der Waals surface area contributed by atoms with Crippen LogP contribution in [0.4, 0.5) is 0 Å². The molecule has 0 heterocycles. The minimum atomic E-state index is 0.604. The monoisotopic (exact) mass is 266 g/mol. The maximum atomic E-state index is 8.42. The van der Waals surface area contributed by atoms with Gasteiger partial charge in [0, 0.05) is 11.4 Å². The van der Waals surface area contributed by atoms with Crippen LogP contribution in [0.5, 0.6) is 5.75 Å². The van der Waals surface area contributed by atoms with E-state index in [0.29, 0.717) is 6.42 Å². The molecule has 0 amide bonds. The van der Waals surface area contributed by atoms with Crippen LogP contribution in [0.2, 0.25) is 5.02 Å². The predicted molar refractivity (Wildman–Crippen MR) is 74.2 cm³/mol. The van der Waals surface area contributed by atoms with Gasteiger partial charge >= 0.3 is 0 Å². The molecule has 3 nitrogen and oxygen atoms in total. The minimum Gasteiger partial charge on any atom is -0.496 e. The van der Waals surface area contributed by atoms with Crippen molar-refractivity contribution in [2.45, 2.75) is 26.2 Å². The highest BCUT2D eigenvalue weighted by molar-refractivity contribution is 6.31. The number of rotatable bonds is 7. The van der Waals surface area contributed by atoms with Crippen molar-refractivity contribution in [1.82, 2.24) is 5.32 Å². The summed E-state index contributed by atoms with van der Waals surface area (Å²) in [6.45, 7) is 3.70. The molecule has 0 saturated heterocycles. The van der Waals surface area contributed by atoms with E-state index in [0.717, 1.165) is 47.8 Å². The number of aryl methyl sites for hydroxylation is 1. The zero-order chi connectivity index (χ0) is 13.4. The third-order valence-electron chi connectivity index (χ3n) is 2.77. The molecule has 0 radical (unpaired) electrons. The molecule has 1 N–H and O–H groups in total. The molecule has 0 aliphatic carbocycles. The van der Waals surface area contributed by atoms with Gasteiger partial charge in [0.25, 0.3) is 0 Å². The summed E-state index contributed by atoms with van der Waals surface area (Å²) in [6.07, 6.45) is 2.37. The van der Waals surface area contributed by atoms with Crippen LogP contribution in [0, 0.1) is 18.3 Å². The molecule has 0 aliphatic rings. The van der Waals surface area contributed by atoms with Crippen molar-refractivity contribution in [2.24, 2.45) is 0 Å². The van der Waals surface area contributed by atoms with Crippen LogP contribution in [0.1, 0.15) is 24.0 Å². The number of nitrogens with zero attached hydrogens (tertiary/aromatic N) is 1. The fraction of sp³-hybridized carbons (Fsp3) is 0.500. The molecule has 1 aromatic carbocycles. The van der Waals surface area contributed by atoms with E-state index < -0.39 is 0 Å². The fourth-order valence-electron chi connectivity index (χ4n) is 1.72. The summed E-state index contributed by atoms with van der Waals surface area (Å²) in [5, 5.41) is 12.5. The first-order valence-electron chi connectivity index (χ1n) is 6.09. The number of hydrogen-bond acceptors (Lipinski definition) is 3. The quantitative estimate of drug-likeness (QED) is 0.772. The molecule has 0 saturated carbocycles. The Bertz CT molecular complexity index is 427. The summed E-state index contributed by atoms with van der Waals surface area (Å²) in [4.78, 5) is 0. The zero-order valence-corrected chi connectivity index (χ0v) is 11.7. The van der Waals surface area contributed by atoms with E-state index in [1.165, 1.54) is 0 Å². The van der Waals surface area contributed by atoms with Gasteiger partial charge < -0.3 is 10.1 Å². The Labute approximate surface area is 114 Å². The number of unbranched alkanes of at least 4 members (excludes halogenated alkanes) is 1. The fourth-order valence-corrected chi connectivity index (χ4v) is 1.91. The molecular weight excluding hydrogens is 248 g/mol. The first kappa shape index (κ1) is 14.8. The van der Waals surface area contributed by atoms with E-state index in [1.807, 2.05) is 19.1 Å². The summed E-state index contributed by atoms with van der Waals surface area (Å²) in [6, 6.07) is 6.06. The van der Waals surface area contributed by atoms with Crippen molar-refractivity contribution >= 4 is 11.6 Å². The van der Waals surface area contributed by atoms with Crippen molar-refractivity contribution in [1.29, 1.82) is 5.26 Å². The normalized spacial score (nSPS) is 10.1. The molecule has 0 atom stereocenters. The number of benzene rings is 1. The Kier molecular flexibility index (Phi) is 6.56. The average molecular weight is 267 g/mol. The number of methoxy groups -OCH3 is 1. The number of halogens is 1. The molecule has 0 unspecified atom stereocenters. The maximum absolute atomic E-state index is 8.42. The molecule has 1 aromatic rings. The molecule has 0 aromatic heterocycles. The van der Waals surface area contributed by atoms with E-state index in [9.17, 15) is 0 Å². The second-order valence-corrected chi connectivity index (χ2v) is 4.58. The van der Waals surface area contributed by atoms with Crippen LogP contribution in [0.3, 0.4) is 0 Å². The highest BCUT2D eigenvalue weighted by atomic mass is 35.5. The Morgan fingerprint density at radius 3 is 2.83 bits per heavy atom. The molecular formula is C14H19ClN2O. The Hall–Kier alpha value is -1.24. The molecule has 0 aliphatic heterocycles. The summed E-state index contributed by atoms with van der Waals surface area (Å²) < 4.78 is 5.35. The molecule has 1 rings (SSSR count). The Morgan fingerprint density at radius 2 is 2.17 bits per heavy atom. The van der Waals surface area contributed by atoms with E-state index in [-0.39, 0.29) is 0 Å². The Morgan fingerprint density at radius 1 is 1.39 bits per heavy atom. The number of hydrogen-bond donors (Lipinski definition) is 1. The largest absolute Gasteiger partial charge is 0.496 e. The lowest BCUT2D eigenvalue weighted by Gasteiger charge is -2.11. The van der Waals surface area contributed by atoms with Crippen LogP contribution in [0.25, 0.3) is 0 Å². The van der Waals surface area contributed by atoms with Gasteiger partial charge in [-0.2, -0.15) is 5.26 Å². The number of ether oxygens (including phenoxy) is 1. The minimum absolute atomic E-state index is 0.604. The maximum Gasteiger partial charge on any atom is 0.122 e. The lowest BCUT2D eigenvalue weighted by atomic mass is 10.1. The van der Waals surface area contributed by atoms with Gasteiger partial charge in [0.05, 0.1) is 13.2 Å². The second kappa shape index (κ2) is 7.97. The standard InChI is InChI=1S/C14H19ClN2O/c1-11-9-14(18-2)12(10-13(11)15)5-8-17-7-4-3-6-16/h9-10,17H,3-5,7-8H2,1-2H3. The SMILES string of the molecule is COc1cc(C)c(Cl)cc1CCNCCCC#N. The average Bonchev–Trinajstić information content (AvgIpc) is 2.37. The lowest BCUT2D eigenvalue weighted by molar-refractivity contribution is 0.409. The van der Waals surface area contributed by atoms with Crippen molar-refractivity contribution in [2.75, 3.05) is 20.2 Å². The van der Waals surface area contributed by atoms with Gasteiger partial charge in [-0.1, -0.05) is 11.6 Å². The van der Waals surface area contributed by atoms with E-state index >= 15 is 0 Å². The topological polar surface area (TPSA) is 45.0 Å². The van der Waals surface area contributed by atoms with Crippen LogP contribution in [0.15, 0.2) is 12.1 Å². The van der Waals surface area contributed by atoms with Crippen LogP contribution in [-0.2, 0) is 6.42 Å². The third kappa shape index (κ3) is 4.56. The molecule has 4 heteroatoms. The lowest BCUT2D eigenvalue weighted by Crippen LogP contribution is -2.18. The molecule has 98 valence electrons. The molecule has 0 bridgehead atoms. The predicted octanol–water partition coefficient (Wildman–Crippen LogP) is 3.09. The first-order chi connectivity index (χ1) is 8.69. The van der Waals surface area contributed by atoms with Gasteiger partial charge in [-0.25, -0.2) is 0 Å². The first-order valence-corrected chi connectivity index (χ1v) is 6.47.